The molecule has 0 aliphatic carbocycles. The first-order chi connectivity index (χ1) is 12.1. The minimum absolute atomic E-state index is 0.0646. The van der Waals surface area contributed by atoms with E-state index in [0.29, 0.717) is 13.0 Å². The highest BCUT2D eigenvalue weighted by Gasteiger charge is 2.46. The summed E-state index contributed by atoms with van der Waals surface area (Å²) in [5.74, 6) is -0.517. The highest BCUT2D eigenvalue weighted by molar-refractivity contribution is 7.93. The Labute approximate surface area is 148 Å². The van der Waals surface area contributed by atoms with Gasteiger partial charge in [-0.1, -0.05) is 30.3 Å². The number of carbonyl (C=O) groups is 1. The largest absolute Gasteiger partial charge is 0.516 e. The smallest absolute Gasteiger partial charge is 0.399 e. The second-order valence-corrected chi connectivity index (χ2v) is 7.46. The minimum Gasteiger partial charge on any atom is -0.399 e. The summed E-state index contributed by atoms with van der Waals surface area (Å²) in [5, 5.41) is 3.72. The fraction of sp³-hybridized carbons (Fsp3) is 0.467. The molecule has 1 atom stereocenters. The van der Waals surface area contributed by atoms with Crippen molar-refractivity contribution in [2.45, 2.75) is 25.4 Å². The summed E-state index contributed by atoms with van der Waals surface area (Å²) in [4.78, 5) is 18.5. The van der Waals surface area contributed by atoms with Gasteiger partial charge in [-0.3, -0.25) is 9.52 Å². The lowest BCUT2D eigenvalue weighted by atomic mass is 9.95. The highest BCUT2D eigenvalue weighted by atomic mass is 32.2. The zero-order valence-corrected chi connectivity index (χ0v) is 14.9. The first kappa shape index (κ1) is 20.0. The highest BCUT2D eigenvalue weighted by Crippen LogP contribution is 2.28. The van der Waals surface area contributed by atoms with E-state index in [1.807, 2.05) is 6.92 Å². The van der Waals surface area contributed by atoms with Crippen molar-refractivity contribution in [2.24, 2.45) is 11.1 Å². The van der Waals surface area contributed by atoms with Crippen molar-refractivity contribution in [3.63, 3.8) is 0 Å². The Morgan fingerprint density at radius 3 is 2.62 bits per heavy atom. The minimum atomic E-state index is -5.55. The first-order valence-electron chi connectivity index (χ1n) is 7.64. The fourth-order valence-corrected chi connectivity index (χ4v) is 3.11. The van der Waals surface area contributed by atoms with Crippen LogP contribution in [0.1, 0.15) is 18.9 Å². The van der Waals surface area contributed by atoms with Crippen LogP contribution in [0.2, 0.25) is 0 Å². The second kappa shape index (κ2) is 7.52. The summed E-state index contributed by atoms with van der Waals surface area (Å²) in [6.45, 7) is 2.12. The molecule has 1 aliphatic rings. The number of amides is 1. The first-order valence-corrected chi connectivity index (χ1v) is 9.12. The van der Waals surface area contributed by atoms with Crippen LogP contribution in [0, 0.1) is 5.92 Å². The van der Waals surface area contributed by atoms with Crippen molar-refractivity contribution in [3.05, 3.63) is 29.8 Å². The van der Waals surface area contributed by atoms with Crippen molar-refractivity contribution in [2.75, 3.05) is 18.4 Å². The van der Waals surface area contributed by atoms with Gasteiger partial charge in [-0.2, -0.15) is 21.6 Å². The monoisotopic (exact) mass is 393 g/mol. The number of likely N-dealkylation sites (tertiary alicyclic amines) is 1. The van der Waals surface area contributed by atoms with Gasteiger partial charge in [-0.05, 0) is 18.1 Å². The van der Waals surface area contributed by atoms with Gasteiger partial charge in [0.05, 0.1) is 5.69 Å². The summed E-state index contributed by atoms with van der Waals surface area (Å²) < 4.78 is 62.1. The topological polar surface area (TPSA) is 88.1 Å². The van der Waals surface area contributed by atoms with Gasteiger partial charge in [-0.25, -0.2) is 0 Å². The molecule has 7 nitrogen and oxygen atoms in total. The van der Waals surface area contributed by atoms with Crippen LogP contribution in [0.15, 0.2) is 29.4 Å². The van der Waals surface area contributed by atoms with E-state index in [1.165, 1.54) is 34.9 Å². The van der Waals surface area contributed by atoms with Gasteiger partial charge in [0.2, 0.25) is 0 Å². The number of hydrogen-bond acceptors (Lipinski definition) is 5. The Hall–Kier alpha value is -2.30. The average molecular weight is 393 g/mol. The summed E-state index contributed by atoms with van der Waals surface area (Å²) >= 11 is 0. The fourth-order valence-electron chi connectivity index (χ4n) is 2.50. The third-order valence-electron chi connectivity index (χ3n) is 3.92. The number of benzene rings is 1. The molecule has 0 bridgehead atoms. The molecule has 1 amide bonds. The Morgan fingerprint density at radius 1 is 1.35 bits per heavy atom. The molecule has 0 spiro atoms. The van der Waals surface area contributed by atoms with E-state index < -0.39 is 21.4 Å². The lowest BCUT2D eigenvalue weighted by Gasteiger charge is -2.31. The lowest BCUT2D eigenvalue weighted by molar-refractivity contribution is -0.126. The van der Waals surface area contributed by atoms with E-state index in [0.717, 1.165) is 0 Å². The number of piperidine rings is 1. The van der Waals surface area contributed by atoms with E-state index in [1.54, 1.807) is 6.07 Å². The molecular formula is C15H18F3N3O4S. The third-order valence-corrected chi connectivity index (χ3v) is 5.02. The SMILES string of the molecule is CO/N=C1/C(=O)N(Cc2ccccc2NS(=O)(=O)C(F)(F)F)CCC1C. The number of hydrogen-bond donors (Lipinski definition) is 1. The van der Waals surface area contributed by atoms with Crippen LogP contribution < -0.4 is 4.72 Å². The van der Waals surface area contributed by atoms with E-state index in [2.05, 4.69) is 9.99 Å². The Morgan fingerprint density at radius 2 is 2.00 bits per heavy atom. The van der Waals surface area contributed by atoms with E-state index >= 15 is 0 Å². The van der Waals surface area contributed by atoms with Crippen LogP contribution >= 0.6 is 0 Å². The lowest BCUT2D eigenvalue weighted by Crippen LogP contribution is -2.45. The number of nitrogens with zero attached hydrogens (tertiary/aromatic N) is 2. The zero-order chi connectivity index (χ0) is 19.5. The Bertz CT molecular complexity index is 809. The molecule has 1 aromatic rings. The van der Waals surface area contributed by atoms with E-state index in [4.69, 9.17) is 0 Å². The number of alkyl halides is 3. The molecule has 26 heavy (non-hydrogen) atoms. The molecule has 2 rings (SSSR count). The molecule has 1 fully saturated rings. The third kappa shape index (κ3) is 4.26. The predicted molar refractivity (Wildman–Crippen MR) is 88.7 cm³/mol. The van der Waals surface area contributed by atoms with Gasteiger partial charge < -0.3 is 9.74 Å². The maximum Gasteiger partial charge on any atom is 0.516 e. The predicted octanol–water partition coefficient (Wildman–Crippen LogP) is 2.32. The quantitative estimate of drug-likeness (QED) is 0.778. The Kier molecular flexibility index (Phi) is 5.79. The van der Waals surface area contributed by atoms with Crippen LogP contribution in [-0.2, 0) is 26.2 Å². The van der Waals surface area contributed by atoms with Crippen LogP contribution in [0.5, 0.6) is 0 Å². The van der Waals surface area contributed by atoms with Crippen molar-refractivity contribution in [1.82, 2.24) is 4.90 Å². The number of anilines is 1. The number of halogens is 3. The molecule has 1 aliphatic heterocycles. The molecule has 1 heterocycles. The van der Waals surface area contributed by atoms with E-state index in [9.17, 15) is 26.4 Å². The number of oxime groups is 1. The van der Waals surface area contributed by atoms with E-state index in [-0.39, 0.29) is 29.4 Å². The standard InChI is InChI=1S/C15H18F3N3O4S/c1-10-7-8-21(14(22)13(10)19-25-2)9-11-5-3-4-6-12(11)20-26(23,24)15(16,17)18/h3-6,10,20H,7-9H2,1-2H3/b19-13+. The summed E-state index contributed by atoms with van der Waals surface area (Å²) in [5.41, 5.74) is -5.22. The summed E-state index contributed by atoms with van der Waals surface area (Å²) in [6.07, 6.45) is 0.602. The molecule has 0 aromatic heterocycles. The summed E-state index contributed by atoms with van der Waals surface area (Å²) in [7, 11) is -4.24. The molecule has 1 unspecified atom stereocenters. The van der Waals surface area contributed by atoms with Gasteiger partial charge in [0.15, 0.2) is 0 Å². The van der Waals surface area contributed by atoms with Crippen molar-refractivity contribution < 1.29 is 31.2 Å². The van der Waals surface area contributed by atoms with Crippen molar-refractivity contribution in [3.8, 4) is 0 Å². The van der Waals surface area contributed by atoms with Crippen LogP contribution in [0.4, 0.5) is 18.9 Å². The molecule has 0 saturated carbocycles. The average Bonchev–Trinajstić information content (AvgIpc) is 2.54. The summed E-state index contributed by atoms with van der Waals surface area (Å²) in [6, 6.07) is 5.60. The number of nitrogens with one attached hydrogen (secondary N) is 1. The van der Waals surface area contributed by atoms with Crippen LogP contribution in [0.25, 0.3) is 0 Å². The normalized spacial score (nSPS) is 20.3. The van der Waals surface area contributed by atoms with Crippen LogP contribution in [0.3, 0.4) is 0 Å². The molecule has 1 saturated heterocycles. The van der Waals surface area contributed by atoms with Gasteiger partial charge >= 0.3 is 15.5 Å². The molecule has 1 aromatic carbocycles. The molecule has 0 radical (unpaired) electrons. The van der Waals surface area contributed by atoms with Gasteiger partial charge in [-0.15, -0.1) is 0 Å². The molecular weight excluding hydrogens is 375 g/mol. The second-order valence-electron chi connectivity index (χ2n) is 5.78. The molecule has 11 heteroatoms. The zero-order valence-electron chi connectivity index (χ0n) is 14.1. The number of para-hydroxylation sites is 1. The van der Waals surface area contributed by atoms with Crippen molar-refractivity contribution in [1.29, 1.82) is 0 Å². The van der Waals surface area contributed by atoms with Crippen LogP contribution in [-0.4, -0.2) is 44.1 Å². The maximum atomic E-state index is 12.6. The number of sulfonamides is 1. The number of rotatable bonds is 5. The van der Waals surface area contributed by atoms with Gasteiger partial charge in [0, 0.05) is 19.0 Å². The maximum absolute atomic E-state index is 12.6. The number of carbonyl (C=O) groups excluding carboxylic acids is 1. The Balaban J connectivity index is 2.26. The molecule has 1 N–H and O–H groups in total. The van der Waals surface area contributed by atoms with Gasteiger partial charge in [0.1, 0.15) is 12.8 Å². The van der Waals surface area contributed by atoms with Crippen molar-refractivity contribution >= 4 is 27.3 Å². The van der Waals surface area contributed by atoms with Gasteiger partial charge in [0.25, 0.3) is 5.91 Å². The molecule has 144 valence electrons.